The molecule has 0 unspecified atom stereocenters. The molecule has 2 aromatic rings. The molecular formula is C20H32IN5O3. The number of halogens is 1. The summed E-state index contributed by atoms with van der Waals surface area (Å²) in [7, 11) is 3.43. The van der Waals surface area contributed by atoms with E-state index in [1.807, 2.05) is 18.2 Å². The van der Waals surface area contributed by atoms with E-state index in [1.54, 1.807) is 14.2 Å². The van der Waals surface area contributed by atoms with Crippen LogP contribution in [0.4, 0.5) is 0 Å². The summed E-state index contributed by atoms with van der Waals surface area (Å²) < 4.78 is 15.8. The first-order valence-corrected chi connectivity index (χ1v) is 9.70. The summed E-state index contributed by atoms with van der Waals surface area (Å²) in [5.41, 5.74) is 2.03. The Morgan fingerprint density at radius 3 is 2.83 bits per heavy atom. The van der Waals surface area contributed by atoms with Gasteiger partial charge < -0.3 is 24.6 Å². The van der Waals surface area contributed by atoms with Gasteiger partial charge in [-0.15, -0.1) is 24.0 Å². The van der Waals surface area contributed by atoms with Crippen LogP contribution in [0.5, 0.6) is 0 Å². The molecule has 1 aromatic heterocycles. The van der Waals surface area contributed by atoms with Crippen LogP contribution in [0.15, 0.2) is 33.8 Å². The second-order valence-corrected chi connectivity index (χ2v) is 6.28. The van der Waals surface area contributed by atoms with Gasteiger partial charge in [0, 0.05) is 45.8 Å². The molecule has 0 bridgehead atoms. The van der Waals surface area contributed by atoms with E-state index in [-0.39, 0.29) is 24.0 Å². The molecule has 2 rings (SSSR count). The minimum atomic E-state index is 0. The molecule has 8 nitrogen and oxygen atoms in total. The van der Waals surface area contributed by atoms with Crippen molar-refractivity contribution >= 4 is 29.9 Å². The van der Waals surface area contributed by atoms with Gasteiger partial charge in [0.05, 0.1) is 13.2 Å². The second-order valence-electron chi connectivity index (χ2n) is 6.28. The Balaban J connectivity index is 0.00000420. The first kappa shape index (κ1) is 25.3. The van der Waals surface area contributed by atoms with E-state index in [9.17, 15) is 0 Å². The largest absolute Gasteiger partial charge is 0.382 e. The van der Waals surface area contributed by atoms with Gasteiger partial charge in [0.15, 0.2) is 11.8 Å². The van der Waals surface area contributed by atoms with Crippen molar-refractivity contribution in [2.75, 3.05) is 40.5 Å². The molecule has 2 N–H and O–H groups in total. The highest BCUT2D eigenvalue weighted by Crippen LogP contribution is 2.18. The van der Waals surface area contributed by atoms with Crippen LogP contribution in [-0.2, 0) is 22.4 Å². The van der Waals surface area contributed by atoms with Crippen LogP contribution >= 0.6 is 24.0 Å². The van der Waals surface area contributed by atoms with Crippen molar-refractivity contribution in [2.45, 2.75) is 32.7 Å². The fraction of sp³-hybridized carbons (Fsp3) is 0.550. The molecule has 1 heterocycles. The van der Waals surface area contributed by atoms with E-state index >= 15 is 0 Å². The number of aliphatic imine (C=N–C) groups is 1. The third kappa shape index (κ3) is 9.55. The molecule has 1 aromatic carbocycles. The molecule has 0 aliphatic rings. The van der Waals surface area contributed by atoms with Gasteiger partial charge in [-0.3, -0.25) is 4.99 Å². The Bertz CT molecular complexity index is 724. The number of guanidine groups is 1. The van der Waals surface area contributed by atoms with E-state index in [0.29, 0.717) is 32.3 Å². The minimum absolute atomic E-state index is 0. The van der Waals surface area contributed by atoms with Crippen molar-refractivity contribution in [3.63, 3.8) is 0 Å². The van der Waals surface area contributed by atoms with Gasteiger partial charge in [0.1, 0.15) is 0 Å². The monoisotopic (exact) mass is 517 g/mol. The zero-order valence-electron chi connectivity index (χ0n) is 17.4. The fourth-order valence-corrected chi connectivity index (χ4v) is 2.54. The van der Waals surface area contributed by atoms with Crippen LogP contribution in [0, 0.1) is 0 Å². The average molecular weight is 517 g/mol. The molecule has 0 radical (unpaired) electrons. The van der Waals surface area contributed by atoms with Crippen molar-refractivity contribution in [3.8, 4) is 11.5 Å². The summed E-state index contributed by atoms with van der Waals surface area (Å²) in [4.78, 5) is 8.69. The number of hydrogen-bond acceptors (Lipinski definition) is 6. The fourth-order valence-electron chi connectivity index (χ4n) is 2.54. The molecule has 0 fully saturated rings. The maximum Gasteiger partial charge on any atom is 0.257 e. The van der Waals surface area contributed by atoms with Crippen molar-refractivity contribution < 1.29 is 14.0 Å². The van der Waals surface area contributed by atoms with E-state index in [4.69, 9.17) is 14.0 Å². The topological polar surface area (TPSA) is 93.8 Å². The lowest BCUT2D eigenvalue weighted by atomic mass is 10.1. The lowest BCUT2D eigenvalue weighted by Crippen LogP contribution is -2.37. The zero-order valence-corrected chi connectivity index (χ0v) is 19.8. The second kappa shape index (κ2) is 15.2. The molecule has 29 heavy (non-hydrogen) atoms. The highest BCUT2D eigenvalue weighted by Gasteiger charge is 2.09. The standard InChI is InChI=1S/C20H31N5O3.HI/c1-4-7-18-24-19(28-25-18)17-9-5-8-16(14-17)15-23-20(21-2)22-10-6-11-27-13-12-26-3;/h5,8-9,14H,4,6-7,10-13,15H2,1-3H3,(H2,21,22,23);1H. The third-order valence-electron chi connectivity index (χ3n) is 3.99. The molecule has 0 spiro atoms. The third-order valence-corrected chi connectivity index (χ3v) is 3.99. The van der Waals surface area contributed by atoms with E-state index in [1.165, 1.54) is 0 Å². The van der Waals surface area contributed by atoms with E-state index < -0.39 is 0 Å². The minimum Gasteiger partial charge on any atom is -0.382 e. The maximum absolute atomic E-state index is 5.45. The van der Waals surface area contributed by atoms with Crippen LogP contribution in [0.2, 0.25) is 0 Å². The molecule has 0 saturated carbocycles. The highest BCUT2D eigenvalue weighted by molar-refractivity contribution is 14.0. The average Bonchev–Trinajstić information content (AvgIpc) is 3.19. The summed E-state index contributed by atoms with van der Waals surface area (Å²) in [6.45, 7) is 5.47. The van der Waals surface area contributed by atoms with Gasteiger partial charge in [-0.2, -0.15) is 4.98 Å². The van der Waals surface area contributed by atoms with Gasteiger partial charge in [-0.25, -0.2) is 0 Å². The molecule has 0 aliphatic carbocycles. The number of aromatic nitrogens is 2. The molecule has 9 heteroatoms. The summed E-state index contributed by atoms with van der Waals surface area (Å²) >= 11 is 0. The molecule has 0 amide bonds. The van der Waals surface area contributed by atoms with Gasteiger partial charge in [0.25, 0.3) is 5.89 Å². The molecular weight excluding hydrogens is 485 g/mol. The Morgan fingerprint density at radius 1 is 1.21 bits per heavy atom. The number of ether oxygens (including phenoxy) is 2. The predicted octanol–water partition coefficient (Wildman–Crippen LogP) is 3.03. The van der Waals surface area contributed by atoms with Gasteiger partial charge >= 0.3 is 0 Å². The molecule has 162 valence electrons. The number of hydrogen-bond donors (Lipinski definition) is 2. The van der Waals surface area contributed by atoms with Crippen molar-refractivity contribution in [2.24, 2.45) is 4.99 Å². The van der Waals surface area contributed by atoms with Crippen LogP contribution in [-0.4, -0.2) is 56.6 Å². The number of nitrogens with one attached hydrogen (secondary N) is 2. The Morgan fingerprint density at radius 2 is 2.07 bits per heavy atom. The molecule has 0 atom stereocenters. The maximum atomic E-state index is 5.45. The summed E-state index contributed by atoms with van der Waals surface area (Å²) in [5.74, 6) is 2.06. The normalized spacial score (nSPS) is 11.2. The van der Waals surface area contributed by atoms with Crippen molar-refractivity contribution in [1.29, 1.82) is 0 Å². The zero-order chi connectivity index (χ0) is 20.0. The quantitative estimate of drug-likeness (QED) is 0.194. The Hall–Kier alpha value is -1.72. The van der Waals surface area contributed by atoms with E-state index in [0.717, 1.165) is 48.7 Å². The first-order valence-electron chi connectivity index (χ1n) is 9.70. The van der Waals surface area contributed by atoms with E-state index in [2.05, 4.69) is 38.8 Å². The number of benzene rings is 1. The molecule has 0 saturated heterocycles. The van der Waals surface area contributed by atoms with Gasteiger partial charge in [-0.05, 0) is 30.5 Å². The van der Waals surface area contributed by atoms with Gasteiger partial charge in [0.2, 0.25) is 0 Å². The van der Waals surface area contributed by atoms with Crippen LogP contribution in [0.25, 0.3) is 11.5 Å². The Kier molecular flexibility index (Phi) is 13.2. The number of aryl methyl sites for hydroxylation is 1. The SMILES string of the molecule is CCCc1noc(-c2cccc(CNC(=NC)NCCCOCCOC)c2)n1.I. The van der Waals surface area contributed by atoms with Gasteiger partial charge in [-0.1, -0.05) is 24.2 Å². The van der Waals surface area contributed by atoms with Crippen molar-refractivity contribution in [3.05, 3.63) is 35.7 Å². The lowest BCUT2D eigenvalue weighted by molar-refractivity contribution is 0.0698. The summed E-state index contributed by atoms with van der Waals surface area (Å²) in [5, 5.41) is 10.6. The Labute approximate surface area is 189 Å². The van der Waals surface area contributed by atoms with Crippen LogP contribution in [0.3, 0.4) is 0 Å². The lowest BCUT2D eigenvalue weighted by Gasteiger charge is -2.12. The van der Waals surface area contributed by atoms with Crippen molar-refractivity contribution in [1.82, 2.24) is 20.8 Å². The number of rotatable bonds is 12. The first-order chi connectivity index (χ1) is 13.8. The van der Waals surface area contributed by atoms with Crippen LogP contribution < -0.4 is 10.6 Å². The highest BCUT2D eigenvalue weighted by atomic mass is 127. The molecule has 0 aliphatic heterocycles. The summed E-state index contributed by atoms with van der Waals surface area (Å²) in [6.07, 6.45) is 2.72. The smallest absolute Gasteiger partial charge is 0.257 e. The van der Waals surface area contributed by atoms with Crippen LogP contribution in [0.1, 0.15) is 31.2 Å². The summed E-state index contributed by atoms with van der Waals surface area (Å²) in [6, 6.07) is 8.07. The predicted molar refractivity (Wildman–Crippen MR) is 125 cm³/mol. The number of nitrogens with zero attached hydrogens (tertiary/aromatic N) is 3. The number of methoxy groups -OCH3 is 1.